The fraction of sp³-hybridized carbons (Fsp3) is 0.222. The predicted octanol–water partition coefficient (Wildman–Crippen LogP) is 2.89. The number of rotatable bonds is 2. The Morgan fingerprint density at radius 2 is 2.25 bits per heavy atom. The van der Waals surface area contributed by atoms with Crippen molar-refractivity contribution in [2.75, 3.05) is 0 Å². The molecule has 1 unspecified atom stereocenters. The molecule has 1 aromatic rings. The molecule has 0 saturated heterocycles. The Bertz CT molecular complexity index is 299. The van der Waals surface area contributed by atoms with E-state index in [-0.39, 0.29) is 11.7 Å². The van der Waals surface area contributed by atoms with E-state index in [1.807, 2.05) is 0 Å². The zero-order valence-electron chi connectivity index (χ0n) is 6.55. The summed E-state index contributed by atoms with van der Waals surface area (Å²) >= 11 is 3.09. The minimum Gasteiger partial charge on any atom is -0.303 e. The summed E-state index contributed by atoms with van der Waals surface area (Å²) in [6.45, 7) is 1.73. The topological polar surface area (TPSA) is 17.1 Å². The zero-order valence-corrected chi connectivity index (χ0v) is 8.14. The van der Waals surface area contributed by atoms with Crippen molar-refractivity contribution >= 4 is 22.2 Å². The van der Waals surface area contributed by atoms with Crippen LogP contribution in [-0.4, -0.2) is 6.29 Å². The van der Waals surface area contributed by atoms with Gasteiger partial charge < -0.3 is 4.79 Å². The number of hydrogen-bond acceptors (Lipinski definition) is 1. The Balaban J connectivity index is 3.15. The van der Waals surface area contributed by atoms with Gasteiger partial charge in [0.2, 0.25) is 0 Å². The molecule has 0 aromatic heterocycles. The molecular weight excluding hydrogens is 223 g/mol. The second kappa shape index (κ2) is 3.81. The van der Waals surface area contributed by atoms with Crippen LogP contribution < -0.4 is 0 Å². The van der Waals surface area contributed by atoms with Crippen molar-refractivity contribution in [1.29, 1.82) is 0 Å². The molecule has 1 rings (SSSR count). The number of halogens is 2. The molecule has 0 heterocycles. The summed E-state index contributed by atoms with van der Waals surface area (Å²) in [6, 6.07) is 4.67. The lowest BCUT2D eigenvalue weighted by atomic mass is 10.0. The largest absolute Gasteiger partial charge is 0.303 e. The molecule has 0 aliphatic carbocycles. The monoisotopic (exact) mass is 230 g/mol. The third-order valence-electron chi connectivity index (χ3n) is 1.68. The van der Waals surface area contributed by atoms with Gasteiger partial charge in [-0.2, -0.15) is 0 Å². The van der Waals surface area contributed by atoms with Gasteiger partial charge in [-0.05, 0) is 27.6 Å². The third-order valence-corrected chi connectivity index (χ3v) is 2.51. The summed E-state index contributed by atoms with van der Waals surface area (Å²) in [5.41, 5.74) is 0.685. The Morgan fingerprint density at radius 3 is 2.83 bits per heavy atom. The van der Waals surface area contributed by atoms with Crippen LogP contribution in [0.4, 0.5) is 4.39 Å². The standard InChI is InChI=1S/C9H8BrFO/c1-6(5-12)7-3-2-4-8(11)9(7)10/h2-6H,1H3. The molecule has 0 saturated carbocycles. The van der Waals surface area contributed by atoms with E-state index in [4.69, 9.17) is 0 Å². The maximum Gasteiger partial charge on any atom is 0.137 e. The van der Waals surface area contributed by atoms with Crippen LogP contribution in [0.1, 0.15) is 18.4 Å². The summed E-state index contributed by atoms with van der Waals surface area (Å²) in [5.74, 6) is -0.601. The van der Waals surface area contributed by atoms with Crippen molar-refractivity contribution in [3.63, 3.8) is 0 Å². The SMILES string of the molecule is CC(C=O)c1cccc(F)c1Br. The first-order valence-corrected chi connectivity index (χ1v) is 4.35. The molecule has 0 N–H and O–H groups in total. The van der Waals surface area contributed by atoms with Crippen LogP contribution in [0.3, 0.4) is 0 Å². The van der Waals surface area contributed by atoms with Gasteiger partial charge in [0, 0.05) is 5.92 Å². The van der Waals surface area contributed by atoms with Crippen molar-refractivity contribution in [3.05, 3.63) is 34.1 Å². The average molecular weight is 231 g/mol. The zero-order chi connectivity index (χ0) is 9.14. The Labute approximate surface area is 78.7 Å². The van der Waals surface area contributed by atoms with Crippen molar-refractivity contribution in [1.82, 2.24) is 0 Å². The molecule has 0 aliphatic heterocycles. The van der Waals surface area contributed by atoms with E-state index in [9.17, 15) is 9.18 Å². The first-order valence-electron chi connectivity index (χ1n) is 3.56. The molecule has 1 atom stereocenters. The van der Waals surface area contributed by atoms with Crippen molar-refractivity contribution < 1.29 is 9.18 Å². The summed E-state index contributed by atoms with van der Waals surface area (Å²) in [5, 5.41) is 0. The van der Waals surface area contributed by atoms with Crippen LogP contribution in [0.2, 0.25) is 0 Å². The maximum atomic E-state index is 12.9. The number of hydrogen-bond donors (Lipinski definition) is 0. The van der Waals surface area contributed by atoms with E-state index in [1.54, 1.807) is 19.1 Å². The van der Waals surface area contributed by atoms with E-state index < -0.39 is 0 Å². The minimum absolute atomic E-state index is 0.268. The third kappa shape index (κ3) is 1.72. The Hall–Kier alpha value is -0.700. The van der Waals surface area contributed by atoms with Crippen molar-refractivity contribution in [3.8, 4) is 0 Å². The first-order chi connectivity index (χ1) is 5.66. The first kappa shape index (κ1) is 9.39. The van der Waals surface area contributed by atoms with Gasteiger partial charge >= 0.3 is 0 Å². The summed E-state index contributed by atoms with van der Waals surface area (Å²) in [6.07, 6.45) is 0.791. The van der Waals surface area contributed by atoms with Gasteiger partial charge in [-0.3, -0.25) is 0 Å². The van der Waals surface area contributed by atoms with Crippen LogP contribution in [0, 0.1) is 5.82 Å². The average Bonchev–Trinajstić information content (AvgIpc) is 2.08. The highest BCUT2D eigenvalue weighted by Crippen LogP contribution is 2.25. The van der Waals surface area contributed by atoms with Gasteiger partial charge in [-0.25, -0.2) is 4.39 Å². The van der Waals surface area contributed by atoms with Crippen LogP contribution in [0.15, 0.2) is 22.7 Å². The minimum atomic E-state index is -0.332. The number of benzene rings is 1. The number of carbonyl (C=O) groups is 1. The second-order valence-corrected chi connectivity index (χ2v) is 3.36. The van der Waals surface area contributed by atoms with Gasteiger partial charge in [0.25, 0.3) is 0 Å². The Kier molecular flexibility index (Phi) is 2.98. The lowest BCUT2D eigenvalue weighted by molar-refractivity contribution is -0.108. The van der Waals surface area contributed by atoms with Crippen LogP contribution >= 0.6 is 15.9 Å². The molecule has 0 bridgehead atoms. The van der Waals surface area contributed by atoms with Crippen molar-refractivity contribution in [2.24, 2.45) is 0 Å². The maximum absolute atomic E-state index is 12.9. The molecule has 1 aromatic carbocycles. The molecule has 0 aliphatic rings. The molecule has 0 fully saturated rings. The molecular formula is C9H8BrFO. The quantitative estimate of drug-likeness (QED) is 0.715. The summed E-state index contributed by atoms with van der Waals surface area (Å²) in [4.78, 5) is 10.4. The van der Waals surface area contributed by atoms with E-state index >= 15 is 0 Å². The van der Waals surface area contributed by atoms with E-state index in [0.29, 0.717) is 10.0 Å². The molecule has 1 nitrogen and oxygen atoms in total. The molecule has 12 heavy (non-hydrogen) atoms. The lowest BCUT2D eigenvalue weighted by Gasteiger charge is -2.06. The Morgan fingerprint density at radius 1 is 1.58 bits per heavy atom. The molecule has 64 valence electrons. The van der Waals surface area contributed by atoms with E-state index in [1.165, 1.54) is 6.07 Å². The highest BCUT2D eigenvalue weighted by atomic mass is 79.9. The second-order valence-electron chi connectivity index (χ2n) is 2.57. The normalized spacial score (nSPS) is 12.6. The molecule has 3 heteroatoms. The van der Waals surface area contributed by atoms with Gasteiger partial charge in [0.1, 0.15) is 12.1 Å². The highest BCUT2D eigenvalue weighted by molar-refractivity contribution is 9.10. The van der Waals surface area contributed by atoms with Crippen LogP contribution in [-0.2, 0) is 4.79 Å². The van der Waals surface area contributed by atoms with Crippen LogP contribution in [0.5, 0.6) is 0 Å². The van der Waals surface area contributed by atoms with Crippen LogP contribution in [0.25, 0.3) is 0 Å². The summed E-state index contributed by atoms with van der Waals surface area (Å²) in [7, 11) is 0. The molecule has 0 amide bonds. The van der Waals surface area contributed by atoms with Gasteiger partial charge in [0.15, 0.2) is 0 Å². The fourth-order valence-corrected chi connectivity index (χ4v) is 1.57. The number of carbonyl (C=O) groups excluding carboxylic acids is 1. The highest BCUT2D eigenvalue weighted by Gasteiger charge is 2.10. The predicted molar refractivity (Wildman–Crippen MR) is 48.6 cm³/mol. The smallest absolute Gasteiger partial charge is 0.137 e. The van der Waals surface area contributed by atoms with E-state index in [0.717, 1.165) is 6.29 Å². The van der Waals surface area contributed by atoms with Gasteiger partial charge in [0.05, 0.1) is 4.47 Å². The fourth-order valence-electron chi connectivity index (χ4n) is 0.945. The van der Waals surface area contributed by atoms with Gasteiger partial charge in [-0.15, -0.1) is 0 Å². The number of aldehydes is 1. The summed E-state index contributed by atoms with van der Waals surface area (Å²) < 4.78 is 13.3. The van der Waals surface area contributed by atoms with Crippen molar-refractivity contribution in [2.45, 2.75) is 12.8 Å². The lowest BCUT2D eigenvalue weighted by Crippen LogP contribution is -1.96. The van der Waals surface area contributed by atoms with E-state index in [2.05, 4.69) is 15.9 Å². The molecule has 0 spiro atoms. The van der Waals surface area contributed by atoms with Gasteiger partial charge in [-0.1, -0.05) is 19.1 Å². The molecule has 0 radical (unpaired) electrons.